The number of hydrogen-bond donors (Lipinski definition) is 0. The van der Waals surface area contributed by atoms with Gasteiger partial charge in [-0.15, -0.1) is 0 Å². The molecule has 4 nitrogen and oxygen atoms in total. The average molecular weight is 479 g/mol. The normalized spacial score (nSPS) is 16.0. The predicted molar refractivity (Wildman–Crippen MR) is 108 cm³/mol. The van der Waals surface area contributed by atoms with Crippen LogP contribution in [0.15, 0.2) is 0 Å². The molecule has 0 radical (unpaired) electrons. The summed E-state index contributed by atoms with van der Waals surface area (Å²) in [6.45, 7) is 15.8. The predicted octanol–water partition coefficient (Wildman–Crippen LogP) is 7.00. The minimum atomic E-state index is -5.82. The van der Waals surface area contributed by atoms with E-state index in [4.69, 9.17) is 4.74 Å². The molecule has 0 aliphatic carbocycles. The molecule has 0 aromatic heterocycles. The highest BCUT2D eigenvalue weighted by Crippen LogP contribution is 2.51. The van der Waals surface area contributed by atoms with Gasteiger partial charge in [-0.25, -0.2) is 0 Å². The van der Waals surface area contributed by atoms with Crippen molar-refractivity contribution in [1.82, 2.24) is 0 Å². The van der Waals surface area contributed by atoms with Gasteiger partial charge in [0.25, 0.3) is 6.10 Å². The highest BCUT2D eigenvalue weighted by Gasteiger charge is 2.60. The molecule has 0 aromatic rings. The molecular formula is C22H36F6O4. The smallest absolute Gasteiger partial charge is 0.434 e. The lowest BCUT2D eigenvalue weighted by Gasteiger charge is -2.47. The van der Waals surface area contributed by atoms with Gasteiger partial charge < -0.3 is 9.47 Å². The SMILES string of the molecule is CCC(C)(C)CC(C)(C(=O)OC(C)(C)CC(=O)OC(C(F)(F)F)C(F)(F)F)C(C)(C)CC. The van der Waals surface area contributed by atoms with Crippen LogP contribution < -0.4 is 0 Å². The summed E-state index contributed by atoms with van der Waals surface area (Å²) in [5.41, 5.74) is -3.49. The fourth-order valence-electron chi connectivity index (χ4n) is 3.30. The van der Waals surface area contributed by atoms with Crippen LogP contribution in [0.1, 0.15) is 88.0 Å². The lowest BCUT2D eigenvalue weighted by Crippen LogP contribution is -2.49. The Morgan fingerprint density at radius 1 is 0.781 bits per heavy atom. The highest BCUT2D eigenvalue weighted by atomic mass is 19.4. The maximum atomic E-state index is 13.3. The summed E-state index contributed by atoms with van der Waals surface area (Å²) in [6.07, 6.45) is -15.0. The Morgan fingerprint density at radius 2 is 1.22 bits per heavy atom. The van der Waals surface area contributed by atoms with Gasteiger partial charge in [-0.05, 0) is 44.4 Å². The molecule has 0 N–H and O–H groups in total. The van der Waals surface area contributed by atoms with E-state index in [1.807, 2.05) is 41.5 Å². The summed E-state index contributed by atoms with van der Waals surface area (Å²) < 4.78 is 85.1. The molecule has 1 atom stereocenters. The second kappa shape index (κ2) is 9.79. The second-order valence-corrected chi connectivity index (χ2v) is 10.5. The van der Waals surface area contributed by atoms with E-state index in [1.165, 1.54) is 13.8 Å². The van der Waals surface area contributed by atoms with Gasteiger partial charge >= 0.3 is 24.3 Å². The van der Waals surface area contributed by atoms with Crippen LogP contribution in [-0.2, 0) is 19.1 Å². The number of ether oxygens (including phenoxy) is 2. The first-order chi connectivity index (χ1) is 13.9. The minimum absolute atomic E-state index is 0.240. The number of carbonyl (C=O) groups excluding carboxylic acids is 2. The van der Waals surface area contributed by atoms with Crippen LogP contribution in [0, 0.1) is 16.2 Å². The summed E-state index contributed by atoms with van der Waals surface area (Å²) in [4.78, 5) is 25.2. The van der Waals surface area contributed by atoms with E-state index >= 15 is 0 Å². The lowest BCUT2D eigenvalue weighted by molar-refractivity contribution is -0.314. The molecule has 10 heteroatoms. The monoisotopic (exact) mass is 478 g/mol. The number of esters is 2. The Labute approximate surface area is 186 Å². The van der Waals surface area contributed by atoms with Gasteiger partial charge in [-0.1, -0.05) is 48.0 Å². The first kappa shape index (κ1) is 30.5. The fourth-order valence-corrected chi connectivity index (χ4v) is 3.30. The van der Waals surface area contributed by atoms with E-state index in [9.17, 15) is 35.9 Å². The number of rotatable bonds is 10. The molecule has 0 heterocycles. The van der Waals surface area contributed by atoms with Crippen molar-refractivity contribution in [2.24, 2.45) is 16.2 Å². The molecular weight excluding hydrogens is 442 g/mol. The van der Waals surface area contributed by atoms with E-state index in [0.717, 1.165) is 6.42 Å². The van der Waals surface area contributed by atoms with Crippen molar-refractivity contribution >= 4 is 11.9 Å². The lowest BCUT2D eigenvalue weighted by atomic mass is 9.58. The zero-order valence-corrected chi connectivity index (χ0v) is 20.3. The molecule has 0 saturated heterocycles. The summed E-state index contributed by atoms with van der Waals surface area (Å²) >= 11 is 0. The Morgan fingerprint density at radius 3 is 1.56 bits per heavy atom. The van der Waals surface area contributed by atoms with E-state index in [0.29, 0.717) is 12.8 Å². The molecule has 0 aromatic carbocycles. The van der Waals surface area contributed by atoms with Crippen molar-refractivity contribution in [3.63, 3.8) is 0 Å². The van der Waals surface area contributed by atoms with Crippen molar-refractivity contribution in [1.29, 1.82) is 0 Å². The number of carbonyl (C=O) groups is 2. The zero-order valence-electron chi connectivity index (χ0n) is 20.3. The van der Waals surface area contributed by atoms with Crippen molar-refractivity contribution in [3.05, 3.63) is 0 Å². The van der Waals surface area contributed by atoms with Gasteiger partial charge in [0.05, 0.1) is 11.8 Å². The molecule has 0 aliphatic rings. The summed E-state index contributed by atoms with van der Waals surface area (Å²) in [5, 5.41) is 0. The van der Waals surface area contributed by atoms with Crippen LogP contribution in [0.3, 0.4) is 0 Å². The van der Waals surface area contributed by atoms with Crippen molar-refractivity contribution < 1.29 is 45.4 Å². The molecule has 32 heavy (non-hydrogen) atoms. The molecule has 0 aliphatic heterocycles. The van der Waals surface area contributed by atoms with E-state index < -0.39 is 53.2 Å². The minimum Gasteiger partial charge on any atom is -0.459 e. The molecule has 0 bridgehead atoms. The maximum Gasteiger partial charge on any atom is 0.434 e. The molecule has 0 fully saturated rings. The Bertz CT molecular complexity index is 650. The van der Waals surface area contributed by atoms with Gasteiger partial charge in [0.15, 0.2) is 0 Å². The van der Waals surface area contributed by atoms with Gasteiger partial charge in [0.1, 0.15) is 5.60 Å². The van der Waals surface area contributed by atoms with Crippen molar-refractivity contribution in [3.8, 4) is 0 Å². The van der Waals surface area contributed by atoms with Crippen molar-refractivity contribution in [2.75, 3.05) is 0 Å². The molecule has 0 rings (SSSR count). The molecule has 190 valence electrons. The van der Waals surface area contributed by atoms with Crippen LogP contribution >= 0.6 is 0 Å². The summed E-state index contributed by atoms with van der Waals surface area (Å²) in [5.74, 6) is -2.44. The molecule has 1 unspecified atom stereocenters. The Balaban J connectivity index is 5.69. The van der Waals surface area contributed by atoms with Crippen LogP contribution in [0.2, 0.25) is 0 Å². The van der Waals surface area contributed by atoms with Gasteiger partial charge in [0.2, 0.25) is 0 Å². The van der Waals surface area contributed by atoms with E-state index in [1.54, 1.807) is 6.92 Å². The van der Waals surface area contributed by atoms with E-state index in [2.05, 4.69) is 4.74 Å². The third-order valence-electron chi connectivity index (χ3n) is 6.40. The molecule has 0 saturated carbocycles. The third kappa shape index (κ3) is 8.14. The van der Waals surface area contributed by atoms with Crippen LogP contribution in [0.25, 0.3) is 0 Å². The second-order valence-electron chi connectivity index (χ2n) is 10.5. The van der Waals surface area contributed by atoms with Crippen LogP contribution in [0.4, 0.5) is 26.3 Å². The van der Waals surface area contributed by atoms with Gasteiger partial charge in [-0.2, -0.15) is 26.3 Å². The topological polar surface area (TPSA) is 52.6 Å². The van der Waals surface area contributed by atoms with Gasteiger partial charge in [-0.3, -0.25) is 9.59 Å². The largest absolute Gasteiger partial charge is 0.459 e. The standard InChI is InChI=1S/C22H36F6O4/c1-10-17(3,4)13-20(9,18(5,6)11-2)16(30)32-19(7,8)12-14(29)31-15(21(23,24)25)22(26,27)28/h15H,10-13H2,1-9H3. The quantitative estimate of drug-likeness (QED) is 0.251. The molecule has 0 spiro atoms. The summed E-state index contributed by atoms with van der Waals surface area (Å²) in [6, 6.07) is 0. The fraction of sp³-hybridized carbons (Fsp3) is 0.909. The van der Waals surface area contributed by atoms with Crippen LogP contribution in [0.5, 0.6) is 0 Å². The first-order valence-electron chi connectivity index (χ1n) is 10.5. The summed E-state index contributed by atoms with van der Waals surface area (Å²) in [7, 11) is 0. The number of hydrogen-bond acceptors (Lipinski definition) is 4. The molecule has 0 amide bonds. The van der Waals surface area contributed by atoms with E-state index in [-0.39, 0.29) is 5.41 Å². The average Bonchev–Trinajstić information content (AvgIpc) is 2.56. The first-order valence-corrected chi connectivity index (χ1v) is 10.5. The Kier molecular flexibility index (Phi) is 9.34. The third-order valence-corrected chi connectivity index (χ3v) is 6.40. The Hall–Kier alpha value is -1.48. The number of halogens is 6. The highest BCUT2D eigenvalue weighted by molar-refractivity contribution is 5.79. The number of alkyl halides is 6. The van der Waals surface area contributed by atoms with Gasteiger partial charge in [0, 0.05) is 0 Å². The zero-order chi connectivity index (χ0) is 26.0. The maximum absolute atomic E-state index is 13.3. The van der Waals surface area contributed by atoms with Crippen molar-refractivity contribution in [2.45, 2.75) is 112 Å². The van der Waals surface area contributed by atoms with Crippen LogP contribution in [-0.4, -0.2) is 36.0 Å².